The standard InChI is InChI=1S/C20H20F4N2O2/c1-28-17-11-15(21)7-8-16(17)25-18(27)19(20(22,23)24)9-10-26(13-19)12-14-5-3-2-4-6-14/h2-8,11H,9-10,12-13H2,1H3,(H,25,27). The van der Waals surface area contributed by atoms with Gasteiger partial charge in [0.15, 0.2) is 5.41 Å². The van der Waals surface area contributed by atoms with Crippen molar-refractivity contribution < 1.29 is 27.1 Å². The number of nitrogens with one attached hydrogen (secondary N) is 1. The Labute approximate surface area is 160 Å². The topological polar surface area (TPSA) is 41.6 Å². The Morgan fingerprint density at radius 3 is 2.57 bits per heavy atom. The van der Waals surface area contributed by atoms with Crippen molar-refractivity contribution in [2.45, 2.75) is 19.1 Å². The van der Waals surface area contributed by atoms with E-state index in [-0.39, 0.29) is 24.4 Å². The molecule has 2 aromatic carbocycles. The molecule has 1 saturated heterocycles. The van der Waals surface area contributed by atoms with Crippen molar-refractivity contribution in [2.75, 3.05) is 25.5 Å². The molecule has 1 unspecified atom stereocenters. The van der Waals surface area contributed by atoms with Crippen LogP contribution in [0.1, 0.15) is 12.0 Å². The van der Waals surface area contributed by atoms with E-state index in [0.717, 1.165) is 17.7 Å². The molecule has 28 heavy (non-hydrogen) atoms. The first-order valence-corrected chi connectivity index (χ1v) is 8.73. The molecule has 150 valence electrons. The molecular weight excluding hydrogens is 376 g/mol. The van der Waals surface area contributed by atoms with Crippen LogP contribution in [0, 0.1) is 11.2 Å². The SMILES string of the molecule is COc1cc(F)ccc1NC(=O)C1(C(F)(F)F)CCN(Cc2ccccc2)C1. The summed E-state index contributed by atoms with van der Waals surface area (Å²) in [5, 5.41) is 2.29. The molecule has 3 rings (SSSR count). The van der Waals surface area contributed by atoms with E-state index in [9.17, 15) is 22.4 Å². The Balaban J connectivity index is 1.82. The molecule has 1 N–H and O–H groups in total. The van der Waals surface area contributed by atoms with E-state index in [2.05, 4.69) is 5.32 Å². The van der Waals surface area contributed by atoms with Gasteiger partial charge < -0.3 is 10.1 Å². The third kappa shape index (κ3) is 3.96. The average molecular weight is 396 g/mol. The molecule has 1 amide bonds. The van der Waals surface area contributed by atoms with Gasteiger partial charge in [-0.2, -0.15) is 13.2 Å². The number of amides is 1. The molecule has 0 aromatic heterocycles. The molecule has 4 nitrogen and oxygen atoms in total. The molecule has 1 heterocycles. The van der Waals surface area contributed by atoms with Crippen LogP contribution in [0.3, 0.4) is 0 Å². The van der Waals surface area contributed by atoms with Gasteiger partial charge in [0.2, 0.25) is 5.91 Å². The fourth-order valence-electron chi connectivity index (χ4n) is 3.42. The third-order valence-electron chi connectivity index (χ3n) is 4.99. The molecule has 8 heteroatoms. The zero-order chi connectivity index (χ0) is 20.4. The first-order valence-electron chi connectivity index (χ1n) is 8.73. The second kappa shape index (κ2) is 7.79. The Morgan fingerprint density at radius 1 is 1.21 bits per heavy atom. The van der Waals surface area contributed by atoms with Crippen molar-refractivity contribution in [3.8, 4) is 5.75 Å². The largest absolute Gasteiger partial charge is 0.494 e. The average Bonchev–Trinajstić information content (AvgIpc) is 3.09. The van der Waals surface area contributed by atoms with Crippen molar-refractivity contribution in [3.63, 3.8) is 0 Å². The second-order valence-corrected chi connectivity index (χ2v) is 6.82. The number of hydrogen-bond acceptors (Lipinski definition) is 3. The van der Waals surface area contributed by atoms with Gasteiger partial charge in [-0.1, -0.05) is 30.3 Å². The summed E-state index contributed by atoms with van der Waals surface area (Å²) in [7, 11) is 1.25. The number of ether oxygens (including phenoxy) is 1. The van der Waals surface area contributed by atoms with Crippen LogP contribution in [-0.2, 0) is 11.3 Å². The molecule has 0 spiro atoms. The zero-order valence-corrected chi connectivity index (χ0v) is 15.2. The van der Waals surface area contributed by atoms with Crippen LogP contribution < -0.4 is 10.1 Å². The number of methoxy groups -OCH3 is 1. The minimum atomic E-state index is -4.73. The molecule has 0 saturated carbocycles. The van der Waals surface area contributed by atoms with E-state index >= 15 is 0 Å². The predicted molar refractivity (Wildman–Crippen MR) is 96.4 cm³/mol. The summed E-state index contributed by atoms with van der Waals surface area (Å²) in [6.07, 6.45) is -5.07. The number of rotatable bonds is 5. The van der Waals surface area contributed by atoms with Crippen molar-refractivity contribution >= 4 is 11.6 Å². The van der Waals surface area contributed by atoms with Crippen molar-refractivity contribution in [2.24, 2.45) is 5.41 Å². The van der Waals surface area contributed by atoms with Crippen LogP contribution in [0.4, 0.5) is 23.2 Å². The van der Waals surface area contributed by atoms with E-state index in [1.54, 1.807) is 4.90 Å². The highest BCUT2D eigenvalue weighted by Crippen LogP contribution is 2.47. The van der Waals surface area contributed by atoms with Crippen LogP contribution in [-0.4, -0.2) is 37.2 Å². The normalized spacial score (nSPS) is 20.2. The summed E-state index contributed by atoms with van der Waals surface area (Å²) in [5.41, 5.74) is -1.67. The van der Waals surface area contributed by atoms with E-state index in [1.807, 2.05) is 30.3 Å². The fraction of sp³-hybridized carbons (Fsp3) is 0.350. The highest BCUT2D eigenvalue weighted by molar-refractivity contribution is 5.97. The van der Waals surface area contributed by atoms with Crippen LogP contribution >= 0.6 is 0 Å². The fourth-order valence-corrected chi connectivity index (χ4v) is 3.42. The molecule has 1 fully saturated rings. The first-order chi connectivity index (χ1) is 13.2. The van der Waals surface area contributed by atoms with Crippen molar-refractivity contribution in [1.82, 2.24) is 4.90 Å². The van der Waals surface area contributed by atoms with Gasteiger partial charge in [0, 0.05) is 19.2 Å². The number of halogens is 4. The second-order valence-electron chi connectivity index (χ2n) is 6.82. The molecule has 1 atom stereocenters. The quantitative estimate of drug-likeness (QED) is 0.770. The lowest BCUT2D eigenvalue weighted by atomic mass is 9.85. The lowest BCUT2D eigenvalue weighted by molar-refractivity contribution is -0.215. The monoisotopic (exact) mass is 396 g/mol. The van der Waals surface area contributed by atoms with E-state index < -0.39 is 29.9 Å². The van der Waals surface area contributed by atoms with Gasteiger partial charge in [0.1, 0.15) is 11.6 Å². The third-order valence-corrected chi connectivity index (χ3v) is 4.99. The van der Waals surface area contributed by atoms with Gasteiger partial charge in [-0.3, -0.25) is 9.69 Å². The summed E-state index contributed by atoms with van der Waals surface area (Å²) in [6.45, 7) is 0.0228. The highest BCUT2D eigenvalue weighted by Gasteiger charge is 2.63. The molecule has 2 aromatic rings. The van der Waals surface area contributed by atoms with Gasteiger partial charge in [0.25, 0.3) is 0 Å². The van der Waals surface area contributed by atoms with Gasteiger partial charge in [0.05, 0.1) is 12.8 Å². The number of carbonyl (C=O) groups excluding carboxylic acids is 1. The van der Waals surface area contributed by atoms with E-state index in [1.165, 1.54) is 13.2 Å². The Hall–Kier alpha value is -2.61. The maximum Gasteiger partial charge on any atom is 0.404 e. The maximum absolute atomic E-state index is 13.9. The summed E-state index contributed by atoms with van der Waals surface area (Å²) in [5.74, 6) is -1.82. The summed E-state index contributed by atoms with van der Waals surface area (Å²) in [6, 6.07) is 12.4. The smallest absolute Gasteiger partial charge is 0.404 e. The summed E-state index contributed by atoms with van der Waals surface area (Å²) in [4.78, 5) is 14.3. The molecule has 1 aliphatic rings. The van der Waals surface area contributed by atoms with Gasteiger partial charge in [-0.15, -0.1) is 0 Å². The maximum atomic E-state index is 13.9. The first kappa shape index (κ1) is 20.1. The van der Waals surface area contributed by atoms with Crippen LogP contribution in [0.25, 0.3) is 0 Å². The van der Waals surface area contributed by atoms with Crippen LogP contribution in [0.2, 0.25) is 0 Å². The Morgan fingerprint density at radius 2 is 1.93 bits per heavy atom. The molecular formula is C20H20F4N2O2. The highest BCUT2D eigenvalue weighted by atomic mass is 19.4. The van der Waals surface area contributed by atoms with E-state index in [0.29, 0.717) is 6.54 Å². The zero-order valence-electron chi connectivity index (χ0n) is 15.2. The Bertz CT molecular complexity index is 842. The Kier molecular flexibility index (Phi) is 5.60. The van der Waals surface area contributed by atoms with E-state index in [4.69, 9.17) is 4.74 Å². The number of benzene rings is 2. The van der Waals surface area contributed by atoms with Gasteiger partial charge in [-0.05, 0) is 30.7 Å². The molecule has 0 radical (unpaired) electrons. The number of alkyl halides is 3. The predicted octanol–water partition coefficient (Wildman–Crippen LogP) is 4.23. The minimum absolute atomic E-state index is 0.000894. The molecule has 1 aliphatic heterocycles. The lowest BCUT2D eigenvalue weighted by Gasteiger charge is -2.30. The number of anilines is 1. The number of carbonyl (C=O) groups is 1. The van der Waals surface area contributed by atoms with Gasteiger partial charge in [-0.25, -0.2) is 4.39 Å². The minimum Gasteiger partial charge on any atom is -0.494 e. The summed E-state index contributed by atoms with van der Waals surface area (Å²) < 4.78 is 60.1. The summed E-state index contributed by atoms with van der Waals surface area (Å²) >= 11 is 0. The van der Waals surface area contributed by atoms with Crippen LogP contribution in [0.5, 0.6) is 5.75 Å². The van der Waals surface area contributed by atoms with Crippen LogP contribution in [0.15, 0.2) is 48.5 Å². The molecule has 0 bridgehead atoms. The van der Waals surface area contributed by atoms with Crippen molar-refractivity contribution in [3.05, 3.63) is 59.9 Å². The number of nitrogens with zero attached hydrogens (tertiary/aromatic N) is 1. The lowest BCUT2D eigenvalue weighted by Crippen LogP contribution is -2.50. The number of likely N-dealkylation sites (tertiary alicyclic amines) is 1. The van der Waals surface area contributed by atoms with Crippen molar-refractivity contribution in [1.29, 1.82) is 0 Å². The number of hydrogen-bond donors (Lipinski definition) is 1. The van der Waals surface area contributed by atoms with Gasteiger partial charge >= 0.3 is 6.18 Å². The molecule has 0 aliphatic carbocycles.